The van der Waals surface area contributed by atoms with Crippen molar-refractivity contribution in [3.8, 4) is 16.2 Å². The van der Waals surface area contributed by atoms with E-state index in [4.69, 9.17) is 26.8 Å². The summed E-state index contributed by atoms with van der Waals surface area (Å²) in [5, 5.41) is 19.4. The molecule has 1 unspecified atom stereocenters. The lowest BCUT2D eigenvalue weighted by Gasteiger charge is -2.37. The number of aliphatic carboxylic acids is 1. The molecular weight excluding hydrogens is 1010 g/mol. The minimum absolute atomic E-state index is 0.00558. The van der Waals surface area contributed by atoms with Gasteiger partial charge in [0.1, 0.15) is 16.7 Å². The number of halogens is 1. The van der Waals surface area contributed by atoms with Crippen LogP contribution in [0.15, 0.2) is 85.2 Å². The van der Waals surface area contributed by atoms with Gasteiger partial charge in [0.25, 0.3) is 5.91 Å². The molecule has 7 rings (SSSR count). The Kier molecular flexibility index (Phi) is 17.1. The number of carboxylic acid groups (broad SMARTS) is 1. The number of sulfonamides is 1. The van der Waals surface area contributed by atoms with Crippen molar-refractivity contribution in [2.45, 2.75) is 76.3 Å². The number of hydrazine groups is 1. The first-order chi connectivity index (χ1) is 35.0. The van der Waals surface area contributed by atoms with E-state index in [0.717, 1.165) is 17.0 Å². The fourth-order valence-corrected chi connectivity index (χ4v) is 11.9. The lowest BCUT2D eigenvalue weighted by Crippen LogP contribution is -2.52. The Morgan fingerprint density at radius 3 is 2.45 bits per heavy atom. The number of nitrogens with one attached hydrogen (secondary N) is 4. The number of carboxylic acids is 1. The van der Waals surface area contributed by atoms with Gasteiger partial charge in [0, 0.05) is 92.8 Å². The van der Waals surface area contributed by atoms with Gasteiger partial charge in [0.05, 0.1) is 22.7 Å². The van der Waals surface area contributed by atoms with Crippen molar-refractivity contribution < 1.29 is 51.8 Å². The molecule has 2 fully saturated rings. The number of imide groups is 1. The number of anilines is 3. The minimum atomic E-state index is -3.73. The van der Waals surface area contributed by atoms with Gasteiger partial charge in [-0.3, -0.25) is 29.4 Å². The van der Waals surface area contributed by atoms with Gasteiger partial charge in [-0.1, -0.05) is 48.5 Å². The number of carbonyl (C=O) groups excluding carboxylic acids is 5. The third-order valence-corrected chi connectivity index (χ3v) is 16.0. The molecular formula is C51H60ClN9O11S2. The molecule has 4 amide bonds. The van der Waals surface area contributed by atoms with Gasteiger partial charge < -0.3 is 40.9 Å². The highest BCUT2D eigenvalue weighted by molar-refractivity contribution is 7.88. The number of benzene rings is 3. The van der Waals surface area contributed by atoms with E-state index in [-0.39, 0.29) is 77.5 Å². The molecule has 394 valence electrons. The summed E-state index contributed by atoms with van der Waals surface area (Å²) in [4.78, 5) is 79.3. The SMILES string of the molecule is C=C1c2c(NC/C(N)=C/N(CCC(=O)Nc3cccc(CS(=O)(=O)N4CCC(N(C)c5cccc(-c6sc(C(=O)OC(C)(C)C)c(OCC(=O)O)c6Cl)c5)CC4)c3)NC)cccc2C(=O)N1C1CCC(=O)NC1=O. The number of rotatable bonds is 20. The van der Waals surface area contributed by atoms with Crippen LogP contribution in [0.3, 0.4) is 0 Å². The summed E-state index contributed by atoms with van der Waals surface area (Å²) >= 11 is 7.80. The number of thiophene rings is 1. The Morgan fingerprint density at radius 2 is 1.76 bits per heavy atom. The molecule has 3 aliphatic rings. The van der Waals surface area contributed by atoms with E-state index in [1.54, 1.807) is 81.5 Å². The summed E-state index contributed by atoms with van der Waals surface area (Å²) in [6.07, 6.45) is 3.09. The number of ether oxygens (including phenoxy) is 2. The molecule has 1 aromatic heterocycles. The Bertz CT molecular complexity index is 3000. The van der Waals surface area contributed by atoms with Gasteiger partial charge in [-0.2, -0.15) is 0 Å². The average molecular weight is 1070 g/mol. The van der Waals surface area contributed by atoms with Crippen molar-refractivity contribution in [2.24, 2.45) is 5.73 Å². The van der Waals surface area contributed by atoms with Gasteiger partial charge in [0.15, 0.2) is 17.2 Å². The zero-order valence-corrected chi connectivity index (χ0v) is 44.0. The Morgan fingerprint density at radius 1 is 1.04 bits per heavy atom. The lowest BCUT2D eigenvalue weighted by atomic mass is 10.0. The highest BCUT2D eigenvalue weighted by Gasteiger charge is 2.42. The van der Waals surface area contributed by atoms with E-state index in [2.05, 4.69) is 32.9 Å². The molecule has 4 aromatic rings. The topological polar surface area (TPSA) is 262 Å². The molecule has 1 atom stereocenters. The molecule has 74 heavy (non-hydrogen) atoms. The van der Waals surface area contributed by atoms with E-state index in [1.165, 1.54) is 9.21 Å². The summed E-state index contributed by atoms with van der Waals surface area (Å²) in [7, 11) is -0.124. The highest BCUT2D eigenvalue weighted by Crippen LogP contribution is 2.47. The fraction of sp³-hybridized carbons (Fsp3) is 0.373. The van der Waals surface area contributed by atoms with Crippen molar-refractivity contribution in [3.05, 3.63) is 112 Å². The summed E-state index contributed by atoms with van der Waals surface area (Å²) in [5.41, 5.74) is 13.2. The lowest BCUT2D eigenvalue weighted by molar-refractivity contribution is -0.139. The number of hydrogen-bond donors (Lipinski definition) is 6. The van der Waals surface area contributed by atoms with Crippen LogP contribution in [0.25, 0.3) is 16.1 Å². The fourth-order valence-electron chi connectivity index (χ4n) is 8.88. The van der Waals surface area contributed by atoms with Crippen LogP contribution in [-0.2, 0) is 39.7 Å². The van der Waals surface area contributed by atoms with Crippen LogP contribution < -0.4 is 36.7 Å². The van der Waals surface area contributed by atoms with Crippen LogP contribution >= 0.6 is 22.9 Å². The molecule has 3 aliphatic heterocycles. The third kappa shape index (κ3) is 13.0. The second-order valence-electron chi connectivity index (χ2n) is 18.9. The van der Waals surface area contributed by atoms with Gasteiger partial charge >= 0.3 is 11.9 Å². The number of carbonyl (C=O) groups is 6. The number of hydrogen-bond acceptors (Lipinski definition) is 16. The van der Waals surface area contributed by atoms with Crippen molar-refractivity contribution >= 4 is 91.3 Å². The summed E-state index contributed by atoms with van der Waals surface area (Å²) in [6, 6.07) is 18.5. The molecule has 4 heterocycles. The maximum absolute atomic E-state index is 13.8. The normalized spacial score (nSPS) is 16.6. The van der Waals surface area contributed by atoms with Gasteiger partial charge in [-0.15, -0.1) is 11.3 Å². The predicted octanol–water partition coefficient (Wildman–Crippen LogP) is 5.83. The first-order valence-corrected chi connectivity index (χ1v) is 26.6. The van der Waals surface area contributed by atoms with Crippen LogP contribution in [-0.4, -0.2) is 128 Å². The minimum Gasteiger partial charge on any atom is -0.479 e. The summed E-state index contributed by atoms with van der Waals surface area (Å²) < 4.78 is 40.1. The van der Waals surface area contributed by atoms with E-state index in [0.29, 0.717) is 75.8 Å². The summed E-state index contributed by atoms with van der Waals surface area (Å²) in [6.45, 7) is 9.53. The zero-order chi connectivity index (χ0) is 53.6. The Hall–Kier alpha value is -6.98. The van der Waals surface area contributed by atoms with E-state index < -0.39 is 46.1 Å². The van der Waals surface area contributed by atoms with Gasteiger partial charge in [-0.25, -0.2) is 27.7 Å². The second kappa shape index (κ2) is 23.1. The van der Waals surface area contributed by atoms with Crippen LogP contribution in [0.1, 0.15) is 84.0 Å². The number of piperidine rings is 2. The van der Waals surface area contributed by atoms with Crippen molar-refractivity contribution in [1.82, 2.24) is 25.0 Å². The maximum atomic E-state index is 13.8. The number of nitrogens with zero attached hydrogens (tertiary/aromatic N) is 4. The van der Waals surface area contributed by atoms with Gasteiger partial charge in [-0.05, 0) is 87.6 Å². The molecule has 0 radical (unpaired) electrons. The second-order valence-corrected chi connectivity index (χ2v) is 22.3. The number of nitrogens with two attached hydrogens (primary N) is 1. The van der Waals surface area contributed by atoms with E-state index in [9.17, 15) is 42.3 Å². The number of fused-ring (bicyclic) bond motifs is 1. The first-order valence-electron chi connectivity index (χ1n) is 23.8. The van der Waals surface area contributed by atoms with E-state index in [1.807, 2.05) is 31.3 Å². The Balaban J connectivity index is 0.896. The van der Waals surface area contributed by atoms with Crippen molar-refractivity contribution in [3.63, 3.8) is 0 Å². The monoisotopic (exact) mass is 1070 g/mol. The largest absolute Gasteiger partial charge is 0.479 e. The molecule has 3 aromatic carbocycles. The first kappa shape index (κ1) is 54.8. The average Bonchev–Trinajstić information content (AvgIpc) is 3.82. The quantitative estimate of drug-likeness (QED) is 0.0346. The highest BCUT2D eigenvalue weighted by atomic mass is 35.5. The van der Waals surface area contributed by atoms with Crippen LogP contribution in [0.4, 0.5) is 17.1 Å². The maximum Gasteiger partial charge on any atom is 0.352 e. The van der Waals surface area contributed by atoms with E-state index >= 15 is 0 Å². The molecule has 0 saturated carbocycles. The number of amides is 4. The third-order valence-electron chi connectivity index (χ3n) is 12.5. The smallest absolute Gasteiger partial charge is 0.352 e. The molecule has 0 aliphatic carbocycles. The molecule has 2 saturated heterocycles. The number of esters is 1. The molecule has 20 nitrogen and oxygen atoms in total. The molecule has 0 spiro atoms. The zero-order valence-electron chi connectivity index (χ0n) is 41.7. The Labute approximate surface area is 438 Å². The van der Waals surface area contributed by atoms with Crippen LogP contribution in [0.2, 0.25) is 5.02 Å². The molecule has 0 bridgehead atoms. The van der Waals surface area contributed by atoms with Crippen LogP contribution in [0.5, 0.6) is 5.75 Å². The molecule has 23 heteroatoms. The predicted molar refractivity (Wildman–Crippen MR) is 283 cm³/mol. The standard InChI is InChI=1S/C51H60ClN9O11S2/c1-30-43-37(49(67)61(30)39-16-17-40(62)57-48(39)66)14-9-15-38(43)55-26-33(53)27-59(54-5)21-20-41(63)56-34-12-7-10-31(24-34)29-74(69,70)60-22-18-35(19-23-60)58(6)36-13-8-11-32(25-36)46-44(52)45(71-28-42(64)65)47(73-46)50(68)72-51(2,3)4/h7-15,24-25,27,35,39,54-55H,1,16-23,26,28-29,53H2,2-6H3,(H,56,63)(H,64,65)(H,57,62,66)/b33-27-. The van der Waals surface area contributed by atoms with Crippen molar-refractivity contribution in [2.75, 3.05) is 62.4 Å². The van der Waals surface area contributed by atoms with Crippen LogP contribution in [0, 0.1) is 0 Å². The van der Waals surface area contributed by atoms with Crippen molar-refractivity contribution in [1.29, 1.82) is 0 Å². The summed E-state index contributed by atoms with van der Waals surface area (Å²) in [5.74, 6) is -3.87. The van der Waals surface area contributed by atoms with Gasteiger partial charge in [0.2, 0.25) is 27.7 Å². The molecule has 7 N–H and O–H groups in total.